The number of fused-ring (bicyclic) bond motifs is 1. The number of aromatic nitrogens is 2. The van der Waals surface area contributed by atoms with Crippen molar-refractivity contribution >= 4 is 11.9 Å². The third-order valence-corrected chi connectivity index (χ3v) is 4.77. The van der Waals surface area contributed by atoms with Crippen molar-refractivity contribution in [2.45, 2.75) is 44.3 Å². The van der Waals surface area contributed by atoms with Crippen LogP contribution < -0.4 is 0 Å². The van der Waals surface area contributed by atoms with Crippen LogP contribution >= 0.6 is 0 Å². The van der Waals surface area contributed by atoms with Gasteiger partial charge in [0.05, 0.1) is 19.3 Å². The van der Waals surface area contributed by atoms with Gasteiger partial charge in [-0.15, -0.1) is 12.3 Å². The van der Waals surface area contributed by atoms with E-state index in [1.165, 1.54) is 7.11 Å². The molecular formula is C17H21N5O3. The SMILES string of the molecule is C#CCCC1(CCC(=O)N2CCc3c(C(=O)OC)nn(C)c3C2)N=N1. The quantitative estimate of drug-likeness (QED) is 0.577. The summed E-state index contributed by atoms with van der Waals surface area (Å²) in [5, 5.41) is 12.4. The highest BCUT2D eigenvalue weighted by molar-refractivity contribution is 5.89. The Hall–Kier alpha value is -2.69. The van der Waals surface area contributed by atoms with Crippen LogP contribution in [0.1, 0.15) is 47.4 Å². The van der Waals surface area contributed by atoms with Crippen molar-refractivity contribution in [2.75, 3.05) is 13.7 Å². The summed E-state index contributed by atoms with van der Waals surface area (Å²) >= 11 is 0. The highest BCUT2D eigenvalue weighted by Crippen LogP contribution is 2.38. The van der Waals surface area contributed by atoms with Crippen molar-refractivity contribution in [3.63, 3.8) is 0 Å². The molecule has 0 bridgehead atoms. The van der Waals surface area contributed by atoms with Crippen LogP contribution in [0, 0.1) is 12.3 Å². The van der Waals surface area contributed by atoms with E-state index in [4.69, 9.17) is 11.2 Å². The number of aryl methyl sites for hydroxylation is 1. The Kier molecular flexibility index (Phi) is 4.57. The zero-order valence-electron chi connectivity index (χ0n) is 14.5. The molecule has 1 aromatic heterocycles. The lowest BCUT2D eigenvalue weighted by molar-refractivity contribution is -0.132. The Morgan fingerprint density at radius 3 is 2.76 bits per heavy atom. The van der Waals surface area contributed by atoms with Gasteiger partial charge in [-0.3, -0.25) is 9.48 Å². The summed E-state index contributed by atoms with van der Waals surface area (Å²) in [6, 6.07) is 0. The van der Waals surface area contributed by atoms with Crippen molar-refractivity contribution in [2.24, 2.45) is 17.3 Å². The summed E-state index contributed by atoms with van der Waals surface area (Å²) in [7, 11) is 3.11. The summed E-state index contributed by atoms with van der Waals surface area (Å²) in [6.45, 7) is 1.01. The smallest absolute Gasteiger partial charge is 0.358 e. The van der Waals surface area contributed by atoms with Crippen molar-refractivity contribution < 1.29 is 14.3 Å². The lowest BCUT2D eigenvalue weighted by Gasteiger charge is -2.28. The van der Waals surface area contributed by atoms with Gasteiger partial charge in [-0.05, 0) is 6.42 Å². The highest BCUT2D eigenvalue weighted by atomic mass is 16.5. The van der Waals surface area contributed by atoms with Gasteiger partial charge < -0.3 is 9.64 Å². The Labute approximate surface area is 146 Å². The maximum Gasteiger partial charge on any atom is 0.358 e. The van der Waals surface area contributed by atoms with Gasteiger partial charge in [-0.1, -0.05) is 0 Å². The van der Waals surface area contributed by atoms with E-state index in [2.05, 4.69) is 21.2 Å². The van der Waals surface area contributed by atoms with E-state index in [9.17, 15) is 9.59 Å². The summed E-state index contributed by atoms with van der Waals surface area (Å²) in [5.41, 5.74) is 1.66. The Balaban J connectivity index is 1.61. The van der Waals surface area contributed by atoms with Gasteiger partial charge in [0.15, 0.2) is 11.4 Å². The molecule has 1 aromatic rings. The molecule has 0 unspecified atom stereocenters. The van der Waals surface area contributed by atoms with Gasteiger partial charge in [0.2, 0.25) is 5.91 Å². The number of nitrogens with zero attached hydrogens (tertiary/aromatic N) is 5. The first-order valence-electron chi connectivity index (χ1n) is 8.28. The zero-order chi connectivity index (χ0) is 18.0. The number of amides is 1. The minimum atomic E-state index is -0.441. The van der Waals surface area contributed by atoms with Crippen LogP contribution in [0.4, 0.5) is 0 Å². The van der Waals surface area contributed by atoms with Crippen LogP contribution in [-0.2, 0) is 29.5 Å². The number of carbonyl (C=O) groups is 2. The van der Waals surface area contributed by atoms with Crippen LogP contribution in [0.5, 0.6) is 0 Å². The van der Waals surface area contributed by atoms with Crippen molar-refractivity contribution in [3.05, 3.63) is 17.0 Å². The highest BCUT2D eigenvalue weighted by Gasteiger charge is 2.40. The van der Waals surface area contributed by atoms with Gasteiger partial charge in [0, 0.05) is 44.8 Å². The second kappa shape index (κ2) is 6.67. The molecule has 2 aliphatic heterocycles. The van der Waals surface area contributed by atoms with Gasteiger partial charge in [0.25, 0.3) is 0 Å². The van der Waals surface area contributed by atoms with E-state index >= 15 is 0 Å². The Bertz CT molecular complexity index is 768. The normalized spacial score (nSPS) is 16.9. The van der Waals surface area contributed by atoms with E-state index in [0.29, 0.717) is 50.9 Å². The number of hydrogen-bond donors (Lipinski definition) is 0. The zero-order valence-corrected chi connectivity index (χ0v) is 14.5. The molecule has 0 aromatic carbocycles. The average molecular weight is 343 g/mol. The monoisotopic (exact) mass is 343 g/mol. The second-order valence-corrected chi connectivity index (χ2v) is 6.34. The molecule has 0 radical (unpaired) electrons. The lowest BCUT2D eigenvalue weighted by atomic mass is 10.0. The molecule has 0 aliphatic carbocycles. The molecule has 3 heterocycles. The molecule has 1 amide bonds. The first-order chi connectivity index (χ1) is 12.0. The minimum Gasteiger partial charge on any atom is -0.464 e. The third-order valence-electron chi connectivity index (χ3n) is 4.77. The molecule has 25 heavy (non-hydrogen) atoms. The van der Waals surface area contributed by atoms with Gasteiger partial charge in [-0.2, -0.15) is 15.3 Å². The van der Waals surface area contributed by atoms with Crippen molar-refractivity contribution in [1.82, 2.24) is 14.7 Å². The molecule has 2 aliphatic rings. The number of methoxy groups -OCH3 is 1. The average Bonchev–Trinajstić information content (AvgIpc) is 3.34. The van der Waals surface area contributed by atoms with Crippen LogP contribution in [0.15, 0.2) is 10.2 Å². The second-order valence-electron chi connectivity index (χ2n) is 6.34. The number of hydrogen-bond acceptors (Lipinski definition) is 6. The molecule has 8 heteroatoms. The lowest BCUT2D eigenvalue weighted by Crippen LogP contribution is -2.37. The summed E-state index contributed by atoms with van der Waals surface area (Å²) in [4.78, 5) is 26.1. The van der Waals surface area contributed by atoms with Crippen LogP contribution in [0.3, 0.4) is 0 Å². The number of terminal acetylenes is 1. The first kappa shape index (κ1) is 17.1. The number of carbonyl (C=O) groups excluding carboxylic acids is 2. The molecule has 0 saturated carbocycles. The van der Waals surface area contributed by atoms with Gasteiger partial charge >= 0.3 is 5.97 Å². The Morgan fingerprint density at radius 2 is 2.12 bits per heavy atom. The van der Waals surface area contributed by atoms with Crippen LogP contribution in [0.25, 0.3) is 0 Å². The fourth-order valence-corrected chi connectivity index (χ4v) is 3.18. The standard InChI is InChI=1S/C17H21N5O3/c1-4-5-8-17(19-20-17)9-6-14(23)22-10-7-12-13(11-22)21(2)18-15(12)16(24)25-3/h1H,5-11H2,2-3H3. The molecule has 0 spiro atoms. The van der Waals surface area contributed by atoms with Crippen molar-refractivity contribution in [1.29, 1.82) is 0 Å². The van der Waals surface area contributed by atoms with E-state index in [0.717, 1.165) is 11.3 Å². The maximum atomic E-state index is 12.5. The molecule has 3 rings (SSSR count). The predicted octanol–water partition coefficient (Wildman–Crippen LogP) is 1.45. The van der Waals surface area contributed by atoms with E-state index in [1.54, 1.807) is 16.6 Å². The largest absolute Gasteiger partial charge is 0.464 e. The predicted molar refractivity (Wildman–Crippen MR) is 88.6 cm³/mol. The molecule has 0 fully saturated rings. The van der Waals surface area contributed by atoms with Crippen molar-refractivity contribution in [3.8, 4) is 12.3 Å². The summed E-state index contributed by atoms with van der Waals surface area (Å²) < 4.78 is 6.43. The number of esters is 1. The first-order valence-corrected chi connectivity index (χ1v) is 8.28. The molecule has 0 atom stereocenters. The third kappa shape index (κ3) is 3.40. The van der Waals surface area contributed by atoms with E-state index in [-0.39, 0.29) is 5.91 Å². The van der Waals surface area contributed by atoms with Gasteiger partial charge in [0.1, 0.15) is 0 Å². The molecule has 8 nitrogen and oxygen atoms in total. The maximum absolute atomic E-state index is 12.5. The van der Waals surface area contributed by atoms with E-state index in [1.807, 2.05) is 0 Å². The fraction of sp³-hybridized carbons (Fsp3) is 0.588. The summed E-state index contributed by atoms with van der Waals surface area (Å²) in [6.07, 6.45) is 8.16. The topological polar surface area (TPSA) is 89.2 Å². The van der Waals surface area contributed by atoms with E-state index < -0.39 is 11.6 Å². The Morgan fingerprint density at radius 1 is 1.36 bits per heavy atom. The fourth-order valence-electron chi connectivity index (χ4n) is 3.18. The molecule has 0 saturated heterocycles. The van der Waals surface area contributed by atoms with Crippen LogP contribution in [0.2, 0.25) is 0 Å². The molecule has 132 valence electrons. The minimum absolute atomic E-state index is 0.0591. The number of ether oxygens (including phenoxy) is 1. The molecule has 0 N–H and O–H groups in total. The number of rotatable bonds is 6. The van der Waals surface area contributed by atoms with Gasteiger partial charge in [-0.25, -0.2) is 4.79 Å². The summed E-state index contributed by atoms with van der Waals surface area (Å²) in [5.74, 6) is 2.20. The van der Waals surface area contributed by atoms with Crippen LogP contribution in [-0.4, -0.2) is 45.9 Å². The molecular weight excluding hydrogens is 322 g/mol.